The molecule has 3 heteroatoms. The van der Waals surface area contributed by atoms with Crippen molar-refractivity contribution in [3.8, 4) is 0 Å². The van der Waals surface area contributed by atoms with Crippen LogP contribution in [0.2, 0.25) is 0 Å². The summed E-state index contributed by atoms with van der Waals surface area (Å²) in [5.74, 6) is 0.391. The van der Waals surface area contributed by atoms with Crippen LogP contribution in [0.1, 0.15) is 16.1 Å². The molecule has 0 saturated carbocycles. The van der Waals surface area contributed by atoms with Crippen molar-refractivity contribution >= 4 is 16.7 Å². The van der Waals surface area contributed by atoms with Gasteiger partial charge in [-0.3, -0.25) is 4.79 Å². The Morgan fingerprint density at radius 1 is 1.28 bits per heavy atom. The highest BCUT2D eigenvalue weighted by molar-refractivity contribution is 5.94. The predicted octanol–water partition coefficient (Wildman–Crippen LogP) is 3.43. The highest BCUT2D eigenvalue weighted by Crippen LogP contribution is 2.18. The summed E-state index contributed by atoms with van der Waals surface area (Å²) in [5.41, 5.74) is 2.29. The van der Waals surface area contributed by atoms with Crippen molar-refractivity contribution in [3.05, 3.63) is 60.2 Å². The van der Waals surface area contributed by atoms with E-state index < -0.39 is 0 Å². The standard InChI is InChI=1S/C15H13NO2/c1-11-4-5-13-12(9-11)6-7-16(13)10-14(17)15-3-2-8-18-15/h2-9H,10H2,1H3. The normalized spacial score (nSPS) is 10.9. The van der Waals surface area contributed by atoms with Crippen LogP contribution in [-0.2, 0) is 6.54 Å². The molecule has 0 bridgehead atoms. The molecule has 3 aromatic rings. The molecule has 0 atom stereocenters. The Bertz CT molecular complexity index is 692. The van der Waals surface area contributed by atoms with E-state index >= 15 is 0 Å². The summed E-state index contributed by atoms with van der Waals surface area (Å²) in [5, 5.41) is 1.15. The number of ketones is 1. The summed E-state index contributed by atoms with van der Waals surface area (Å²) in [6, 6.07) is 11.7. The second-order valence-corrected chi connectivity index (χ2v) is 4.41. The second-order valence-electron chi connectivity index (χ2n) is 4.41. The van der Waals surface area contributed by atoms with E-state index in [4.69, 9.17) is 4.42 Å². The number of furan rings is 1. The summed E-state index contributed by atoms with van der Waals surface area (Å²) < 4.78 is 7.06. The number of aryl methyl sites for hydroxylation is 1. The Morgan fingerprint density at radius 3 is 2.94 bits per heavy atom. The number of hydrogen-bond acceptors (Lipinski definition) is 2. The van der Waals surface area contributed by atoms with Gasteiger partial charge in [0, 0.05) is 11.7 Å². The minimum Gasteiger partial charge on any atom is -0.461 e. The lowest BCUT2D eigenvalue weighted by molar-refractivity contribution is 0.0946. The lowest BCUT2D eigenvalue weighted by Crippen LogP contribution is -2.08. The number of Topliss-reactive ketones (excluding diaryl/α,β-unsaturated/α-hetero) is 1. The van der Waals surface area contributed by atoms with Crippen molar-refractivity contribution in [2.75, 3.05) is 0 Å². The molecule has 3 nitrogen and oxygen atoms in total. The van der Waals surface area contributed by atoms with Crippen LogP contribution in [0.4, 0.5) is 0 Å². The van der Waals surface area contributed by atoms with E-state index in [-0.39, 0.29) is 5.78 Å². The molecule has 0 spiro atoms. The molecule has 90 valence electrons. The molecule has 0 fully saturated rings. The SMILES string of the molecule is Cc1ccc2c(ccn2CC(=O)c2ccco2)c1. The third-order valence-corrected chi connectivity index (χ3v) is 3.04. The topological polar surface area (TPSA) is 35.1 Å². The molecule has 0 saturated heterocycles. The Morgan fingerprint density at radius 2 is 2.17 bits per heavy atom. The van der Waals surface area contributed by atoms with Gasteiger partial charge in [-0.25, -0.2) is 0 Å². The molecule has 2 heterocycles. The van der Waals surface area contributed by atoms with Gasteiger partial charge in [-0.2, -0.15) is 0 Å². The summed E-state index contributed by atoms with van der Waals surface area (Å²) in [7, 11) is 0. The molecule has 0 N–H and O–H groups in total. The molecule has 0 radical (unpaired) electrons. The van der Waals surface area contributed by atoms with Gasteiger partial charge in [0.15, 0.2) is 5.76 Å². The number of fused-ring (bicyclic) bond motifs is 1. The fourth-order valence-electron chi connectivity index (χ4n) is 2.13. The molecular formula is C15H13NO2. The van der Waals surface area contributed by atoms with Crippen molar-refractivity contribution in [1.82, 2.24) is 4.57 Å². The first-order valence-corrected chi connectivity index (χ1v) is 5.86. The lowest BCUT2D eigenvalue weighted by atomic mass is 10.2. The van der Waals surface area contributed by atoms with Gasteiger partial charge in [0.2, 0.25) is 5.78 Å². The summed E-state index contributed by atoms with van der Waals surface area (Å²) in [6.07, 6.45) is 3.45. The van der Waals surface area contributed by atoms with E-state index in [9.17, 15) is 4.79 Å². The van der Waals surface area contributed by atoms with Crippen molar-refractivity contribution in [3.63, 3.8) is 0 Å². The molecule has 0 aliphatic carbocycles. The third kappa shape index (κ3) is 1.84. The van der Waals surface area contributed by atoms with Gasteiger partial charge in [0.05, 0.1) is 12.8 Å². The van der Waals surface area contributed by atoms with Gasteiger partial charge in [-0.1, -0.05) is 11.6 Å². The molecule has 0 unspecified atom stereocenters. The smallest absolute Gasteiger partial charge is 0.217 e. The fourth-order valence-corrected chi connectivity index (χ4v) is 2.13. The molecule has 0 aliphatic rings. The molecule has 2 aromatic heterocycles. The number of benzene rings is 1. The van der Waals surface area contributed by atoms with Crippen LogP contribution < -0.4 is 0 Å². The van der Waals surface area contributed by atoms with Crippen LogP contribution in [0.5, 0.6) is 0 Å². The first-order valence-electron chi connectivity index (χ1n) is 5.86. The summed E-state index contributed by atoms with van der Waals surface area (Å²) >= 11 is 0. The van der Waals surface area contributed by atoms with Crippen LogP contribution in [0.3, 0.4) is 0 Å². The highest BCUT2D eigenvalue weighted by atomic mass is 16.3. The van der Waals surface area contributed by atoms with Gasteiger partial charge in [0.25, 0.3) is 0 Å². The third-order valence-electron chi connectivity index (χ3n) is 3.04. The zero-order chi connectivity index (χ0) is 12.5. The molecule has 18 heavy (non-hydrogen) atoms. The molecule has 3 rings (SSSR count). The maximum absolute atomic E-state index is 12.0. The Labute approximate surface area is 105 Å². The zero-order valence-corrected chi connectivity index (χ0v) is 10.1. The molecule has 0 aliphatic heterocycles. The maximum Gasteiger partial charge on any atom is 0.217 e. The Balaban J connectivity index is 1.94. The van der Waals surface area contributed by atoms with E-state index in [1.165, 1.54) is 11.8 Å². The Hall–Kier alpha value is -2.29. The van der Waals surface area contributed by atoms with E-state index in [1.54, 1.807) is 12.1 Å². The summed E-state index contributed by atoms with van der Waals surface area (Å²) in [4.78, 5) is 12.0. The average molecular weight is 239 g/mol. The zero-order valence-electron chi connectivity index (χ0n) is 10.1. The minimum atomic E-state index is -0.0157. The van der Waals surface area contributed by atoms with Crippen molar-refractivity contribution in [2.24, 2.45) is 0 Å². The van der Waals surface area contributed by atoms with Crippen LogP contribution in [0, 0.1) is 6.92 Å². The first kappa shape index (κ1) is 10.8. The largest absolute Gasteiger partial charge is 0.461 e. The first-order chi connectivity index (χ1) is 8.74. The maximum atomic E-state index is 12.0. The minimum absolute atomic E-state index is 0.0157. The van der Waals surface area contributed by atoms with Crippen molar-refractivity contribution in [2.45, 2.75) is 13.5 Å². The van der Waals surface area contributed by atoms with Gasteiger partial charge in [0.1, 0.15) is 0 Å². The molecular weight excluding hydrogens is 226 g/mol. The van der Waals surface area contributed by atoms with E-state index in [0.717, 1.165) is 10.9 Å². The molecule has 1 aromatic carbocycles. The predicted molar refractivity (Wildman–Crippen MR) is 69.7 cm³/mol. The lowest BCUT2D eigenvalue weighted by Gasteiger charge is -2.03. The number of aromatic nitrogens is 1. The number of carbonyl (C=O) groups is 1. The fraction of sp³-hybridized carbons (Fsp3) is 0.133. The number of rotatable bonds is 3. The quantitative estimate of drug-likeness (QED) is 0.656. The van der Waals surface area contributed by atoms with E-state index in [2.05, 4.69) is 19.1 Å². The average Bonchev–Trinajstić information content (AvgIpc) is 2.98. The van der Waals surface area contributed by atoms with Crippen molar-refractivity contribution < 1.29 is 9.21 Å². The van der Waals surface area contributed by atoms with Crippen LogP contribution >= 0.6 is 0 Å². The number of nitrogens with zero attached hydrogens (tertiary/aromatic N) is 1. The van der Waals surface area contributed by atoms with Gasteiger partial charge in [-0.15, -0.1) is 0 Å². The van der Waals surface area contributed by atoms with Crippen molar-refractivity contribution in [1.29, 1.82) is 0 Å². The highest BCUT2D eigenvalue weighted by Gasteiger charge is 2.10. The van der Waals surface area contributed by atoms with Gasteiger partial charge >= 0.3 is 0 Å². The van der Waals surface area contributed by atoms with E-state index in [0.29, 0.717) is 12.3 Å². The Kier molecular flexibility index (Phi) is 2.52. The van der Waals surface area contributed by atoms with Crippen LogP contribution in [0.25, 0.3) is 10.9 Å². The number of carbonyl (C=O) groups excluding carboxylic acids is 1. The monoisotopic (exact) mass is 239 g/mol. The van der Waals surface area contributed by atoms with Crippen LogP contribution in [-0.4, -0.2) is 10.4 Å². The second kappa shape index (κ2) is 4.18. The van der Waals surface area contributed by atoms with Gasteiger partial charge < -0.3 is 8.98 Å². The molecule has 0 amide bonds. The number of hydrogen-bond donors (Lipinski definition) is 0. The summed E-state index contributed by atoms with van der Waals surface area (Å²) in [6.45, 7) is 2.37. The van der Waals surface area contributed by atoms with Gasteiger partial charge in [-0.05, 0) is 42.6 Å². The van der Waals surface area contributed by atoms with Crippen LogP contribution in [0.15, 0.2) is 53.3 Å². The van der Waals surface area contributed by atoms with E-state index in [1.807, 2.05) is 22.9 Å².